The summed E-state index contributed by atoms with van der Waals surface area (Å²) in [4.78, 5) is 23.2. The van der Waals surface area contributed by atoms with E-state index in [9.17, 15) is 22.4 Å². The second-order valence-electron chi connectivity index (χ2n) is 12.7. The average molecular weight is 618 g/mol. The molecule has 3 aliphatic heterocycles. The summed E-state index contributed by atoms with van der Waals surface area (Å²) in [7, 11) is 3.54. The number of aromatic nitrogens is 2. The van der Waals surface area contributed by atoms with Gasteiger partial charge in [-0.1, -0.05) is 26.0 Å². The minimum Gasteiger partial charge on any atom is -0.379 e. The molecule has 0 spiro atoms. The van der Waals surface area contributed by atoms with Crippen LogP contribution in [0.2, 0.25) is 0 Å². The molecule has 236 valence electrons. The van der Waals surface area contributed by atoms with Gasteiger partial charge in [0.15, 0.2) is 6.17 Å². The van der Waals surface area contributed by atoms with Crippen molar-refractivity contribution in [2.24, 2.45) is 13.0 Å². The first-order valence-electron chi connectivity index (χ1n) is 14.8. The Bertz CT molecular complexity index is 1570. The molecule has 0 aliphatic carbocycles. The van der Waals surface area contributed by atoms with E-state index in [1.165, 1.54) is 22.6 Å². The number of carbonyl (C=O) groups is 1. The SMILES string of the molecule is CC(C)[C@H]1CN(C)CCN1Cc1cc2c(c(C(F)(F)F)c1)CN(c1cccc(C3([C@@H](F)c4nc(F)cn4C)COC3)c1)C2=O. The number of rotatable bonds is 7. The Labute approximate surface area is 253 Å². The normalized spacial score (nSPS) is 21.5. The molecule has 6 rings (SSSR count). The lowest BCUT2D eigenvalue weighted by Crippen LogP contribution is -2.53. The minimum absolute atomic E-state index is 0.00547. The van der Waals surface area contributed by atoms with Crippen molar-refractivity contribution in [1.29, 1.82) is 0 Å². The van der Waals surface area contributed by atoms with Gasteiger partial charge in [0, 0.05) is 50.5 Å². The number of halogens is 5. The number of amides is 1. The predicted octanol–water partition coefficient (Wildman–Crippen LogP) is 5.49. The van der Waals surface area contributed by atoms with Crippen LogP contribution in [0, 0.1) is 11.9 Å². The molecule has 4 heterocycles. The third kappa shape index (κ3) is 5.30. The van der Waals surface area contributed by atoms with Crippen molar-refractivity contribution in [3.05, 3.63) is 82.2 Å². The fraction of sp³-hybridized carbons (Fsp3) is 0.500. The summed E-state index contributed by atoms with van der Waals surface area (Å²) in [6, 6.07) is 9.52. The van der Waals surface area contributed by atoms with Gasteiger partial charge in [0.2, 0.25) is 5.95 Å². The number of fused-ring (bicyclic) bond motifs is 1. The number of aryl methyl sites for hydroxylation is 1. The van der Waals surface area contributed by atoms with E-state index in [1.54, 1.807) is 30.3 Å². The van der Waals surface area contributed by atoms with Crippen molar-refractivity contribution >= 4 is 11.6 Å². The van der Waals surface area contributed by atoms with Crippen LogP contribution in [0.25, 0.3) is 0 Å². The van der Waals surface area contributed by atoms with Crippen LogP contribution in [0.1, 0.15) is 58.5 Å². The van der Waals surface area contributed by atoms with Crippen molar-refractivity contribution in [1.82, 2.24) is 19.4 Å². The summed E-state index contributed by atoms with van der Waals surface area (Å²) in [6.45, 7) is 6.62. The van der Waals surface area contributed by atoms with Crippen molar-refractivity contribution in [3.63, 3.8) is 0 Å². The number of carbonyl (C=O) groups excluding carboxylic acids is 1. The molecule has 12 heteroatoms. The average Bonchev–Trinajstić information content (AvgIpc) is 3.45. The van der Waals surface area contributed by atoms with Gasteiger partial charge in [-0.25, -0.2) is 9.37 Å². The fourth-order valence-corrected chi connectivity index (χ4v) is 6.77. The monoisotopic (exact) mass is 617 g/mol. The van der Waals surface area contributed by atoms with Gasteiger partial charge in [-0.15, -0.1) is 0 Å². The molecule has 0 N–H and O–H groups in total. The first-order chi connectivity index (χ1) is 20.8. The Kier molecular flexibility index (Phi) is 7.82. The first kappa shape index (κ1) is 30.7. The number of hydrogen-bond acceptors (Lipinski definition) is 5. The number of likely N-dealkylation sites (N-methyl/N-ethyl adjacent to an activating group) is 1. The largest absolute Gasteiger partial charge is 0.416 e. The second kappa shape index (κ2) is 11.2. The molecule has 2 atom stereocenters. The Morgan fingerprint density at radius 2 is 1.86 bits per heavy atom. The number of piperazine rings is 1. The molecule has 3 aromatic rings. The van der Waals surface area contributed by atoms with E-state index in [4.69, 9.17) is 4.74 Å². The van der Waals surface area contributed by atoms with Crippen LogP contribution in [-0.2, 0) is 36.5 Å². The lowest BCUT2D eigenvalue weighted by molar-refractivity contribution is -0.138. The maximum Gasteiger partial charge on any atom is 0.416 e. The lowest BCUT2D eigenvalue weighted by atomic mass is 9.74. The van der Waals surface area contributed by atoms with Crippen LogP contribution in [0.3, 0.4) is 0 Å². The standard InChI is InChI=1S/C32H36F5N5O2/c1-19(2)26-15-39(3)8-9-41(26)13-20-10-23-24(25(11-20)32(35,36)37)14-42(30(23)43)22-7-5-6-21(12-22)31(17-44-18-31)28(34)29-38-27(33)16-40(29)4/h5-7,10-12,16,19,26,28H,8-9,13-15,17-18H2,1-4H3/t26-,28+/m1/s1. The number of ether oxygens (including phenoxy) is 1. The van der Waals surface area contributed by atoms with E-state index < -0.39 is 35.2 Å². The summed E-state index contributed by atoms with van der Waals surface area (Å²) in [5, 5.41) is 0. The number of hydrogen-bond donors (Lipinski definition) is 0. The third-order valence-corrected chi connectivity index (χ3v) is 9.35. The van der Waals surface area contributed by atoms with E-state index >= 15 is 4.39 Å². The van der Waals surface area contributed by atoms with Crippen LogP contribution in [0.4, 0.5) is 27.6 Å². The molecule has 2 saturated heterocycles. The number of benzene rings is 2. The number of alkyl halides is 4. The van der Waals surface area contributed by atoms with Gasteiger partial charge in [0.1, 0.15) is 5.82 Å². The van der Waals surface area contributed by atoms with E-state index in [2.05, 4.69) is 28.6 Å². The molecule has 0 unspecified atom stereocenters. The number of nitrogens with zero attached hydrogens (tertiary/aromatic N) is 5. The quantitative estimate of drug-likeness (QED) is 0.329. The van der Waals surface area contributed by atoms with Gasteiger partial charge >= 0.3 is 6.18 Å². The topological polar surface area (TPSA) is 53.8 Å². The molecule has 2 fully saturated rings. The highest BCUT2D eigenvalue weighted by Gasteiger charge is 2.51. The van der Waals surface area contributed by atoms with Gasteiger partial charge in [0.05, 0.1) is 36.9 Å². The molecule has 0 saturated carbocycles. The van der Waals surface area contributed by atoms with Crippen molar-refractivity contribution < 1.29 is 31.5 Å². The van der Waals surface area contributed by atoms with Gasteiger partial charge < -0.3 is 19.1 Å². The number of imidazole rings is 1. The van der Waals surface area contributed by atoms with E-state index in [1.807, 2.05) is 7.05 Å². The number of anilines is 1. The Balaban J connectivity index is 1.32. The van der Waals surface area contributed by atoms with Crippen molar-refractivity contribution in [2.75, 3.05) is 44.8 Å². The first-order valence-corrected chi connectivity index (χ1v) is 14.8. The highest BCUT2D eigenvalue weighted by atomic mass is 19.4. The highest BCUT2D eigenvalue weighted by Crippen LogP contribution is 2.47. The maximum absolute atomic E-state index is 16.0. The summed E-state index contributed by atoms with van der Waals surface area (Å²) < 4.78 is 79.7. The minimum atomic E-state index is -4.65. The van der Waals surface area contributed by atoms with Crippen LogP contribution in [0.5, 0.6) is 0 Å². The summed E-state index contributed by atoms with van der Waals surface area (Å²) >= 11 is 0. The molecule has 1 amide bonds. The third-order valence-electron chi connectivity index (χ3n) is 9.35. The molecular formula is C32H36F5N5O2. The van der Waals surface area contributed by atoms with Gasteiger partial charge in [-0.3, -0.25) is 9.69 Å². The summed E-state index contributed by atoms with van der Waals surface area (Å²) in [5.74, 6) is -1.13. The molecular weight excluding hydrogens is 581 g/mol. The van der Waals surface area contributed by atoms with Crippen LogP contribution in [-0.4, -0.2) is 71.2 Å². The highest BCUT2D eigenvalue weighted by molar-refractivity contribution is 6.10. The fourth-order valence-electron chi connectivity index (χ4n) is 6.77. The molecule has 0 bridgehead atoms. The molecule has 3 aliphatic rings. The zero-order chi connectivity index (χ0) is 31.6. The second-order valence-corrected chi connectivity index (χ2v) is 12.7. The molecule has 2 aromatic carbocycles. The smallest absolute Gasteiger partial charge is 0.379 e. The van der Waals surface area contributed by atoms with Crippen LogP contribution >= 0.6 is 0 Å². The van der Waals surface area contributed by atoms with Crippen LogP contribution < -0.4 is 4.90 Å². The molecule has 44 heavy (non-hydrogen) atoms. The van der Waals surface area contributed by atoms with Crippen molar-refractivity contribution in [3.8, 4) is 0 Å². The lowest BCUT2D eigenvalue weighted by Gasteiger charge is -2.44. The van der Waals surface area contributed by atoms with E-state index in [0.29, 0.717) is 29.3 Å². The van der Waals surface area contributed by atoms with E-state index in [0.717, 1.165) is 25.8 Å². The van der Waals surface area contributed by atoms with Gasteiger partial charge in [-0.2, -0.15) is 17.6 Å². The zero-order valence-corrected chi connectivity index (χ0v) is 25.2. The molecule has 0 radical (unpaired) electrons. The predicted molar refractivity (Wildman–Crippen MR) is 154 cm³/mol. The zero-order valence-electron chi connectivity index (χ0n) is 25.2. The van der Waals surface area contributed by atoms with Crippen molar-refractivity contribution in [2.45, 2.75) is 50.7 Å². The maximum atomic E-state index is 16.0. The van der Waals surface area contributed by atoms with Gasteiger partial charge in [-0.05, 0) is 53.9 Å². The summed E-state index contributed by atoms with van der Waals surface area (Å²) in [5.41, 5.74) is -0.737. The summed E-state index contributed by atoms with van der Waals surface area (Å²) in [6.07, 6.45) is -5.27. The van der Waals surface area contributed by atoms with Gasteiger partial charge in [0.25, 0.3) is 5.91 Å². The molecule has 1 aromatic heterocycles. The Hall–Kier alpha value is -3.35. The Morgan fingerprint density at radius 3 is 2.48 bits per heavy atom. The van der Waals surface area contributed by atoms with Crippen LogP contribution in [0.15, 0.2) is 42.6 Å². The molecule has 7 nitrogen and oxygen atoms in total. The Morgan fingerprint density at radius 1 is 1.11 bits per heavy atom. The van der Waals surface area contributed by atoms with E-state index in [-0.39, 0.29) is 42.8 Å².